The molecule has 2 atom stereocenters. The van der Waals surface area contributed by atoms with Gasteiger partial charge in [-0.2, -0.15) is 0 Å². The van der Waals surface area contributed by atoms with Crippen LogP contribution in [0.2, 0.25) is 0 Å². The maximum Gasteiger partial charge on any atom is 0.226 e. The number of nitrogens with one attached hydrogen (secondary N) is 1. The summed E-state index contributed by atoms with van der Waals surface area (Å²) in [7, 11) is 0. The molecule has 0 spiro atoms. The van der Waals surface area contributed by atoms with Crippen LogP contribution < -0.4 is 4.90 Å². The van der Waals surface area contributed by atoms with Crippen molar-refractivity contribution in [2.45, 2.75) is 52.3 Å². The van der Waals surface area contributed by atoms with Gasteiger partial charge in [0, 0.05) is 13.1 Å². The monoisotopic (exact) mass is 270 g/mol. The number of anilines is 1. The van der Waals surface area contributed by atoms with Crippen molar-refractivity contribution in [2.24, 2.45) is 0 Å². The van der Waals surface area contributed by atoms with E-state index < -0.39 is 0 Å². The number of hydrogen-bond donors (Lipinski definition) is 1. The van der Waals surface area contributed by atoms with Crippen LogP contribution in [0.3, 0.4) is 0 Å². The maximum atomic E-state index is 5.72. The number of nitrogens with zero attached hydrogens (tertiary/aromatic N) is 3. The van der Waals surface area contributed by atoms with Crippen LogP contribution in [0.15, 0.2) is 0 Å². The Balaban J connectivity index is 2.30. The van der Waals surface area contributed by atoms with E-state index in [9.17, 15) is 0 Å². The molecule has 0 bridgehead atoms. The van der Waals surface area contributed by atoms with Gasteiger partial charge in [-0.05, 0) is 32.0 Å². The van der Waals surface area contributed by atoms with Gasteiger partial charge in [0.15, 0.2) is 4.77 Å². The molecule has 1 saturated heterocycles. The Morgan fingerprint density at radius 2 is 2.28 bits per heavy atom. The Bertz CT molecular complexity index is 442. The third-order valence-electron chi connectivity index (χ3n) is 3.38. The molecule has 6 heteroatoms. The molecule has 0 aliphatic carbocycles. The summed E-state index contributed by atoms with van der Waals surface area (Å²) in [4.78, 5) is 2.33. The van der Waals surface area contributed by atoms with Gasteiger partial charge in [0.25, 0.3) is 0 Å². The first-order valence-electron chi connectivity index (χ1n) is 6.70. The molecule has 0 saturated carbocycles. The molecule has 1 aliphatic heterocycles. The molecule has 102 valence electrons. The second-order valence-corrected chi connectivity index (χ2v) is 5.23. The average Bonchev–Trinajstić information content (AvgIpc) is 2.72. The summed E-state index contributed by atoms with van der Waals surface area (Å²) in [5, 5.41) is 7.32. The molecule has 1 aliphatic rings. The van der Waals surface area contributed by atoms with Crippen molar-refractivity contribution in [1.82, 2.24) is 14.8 Å². The fourth-order valence-corrected chi connectivity index (χ4v) is 2.60. The predicted molar refractivity (Wildman–Crippen MR) is 74.5 cm³/mol. The number of aromatic amines is 1. The van der Waals surface area contributed by atoms with Gasteiger partial charge < -0.3 is 9.64 Å². The SMILES string of the molecule is CCCn1c(N2CC(C)OCC2CC)n[nH]c1=S. The first kappa shape index (κ1) is 13.5. The topological polar surface area (TPSA) is 46.1 Å². The number of rotatable bonds is 4. The van der Waals surface area contributed by atoms with E-state index in [1.54, 1.807) is 0 Å². The molecule has 0 aromatic carbocycles. The normalized spacial score (nSPS) is 24.5. The lowest BCUT2D eigenvalue weighted by atomic mass is 10.1. The lowest BCUT2D eigenvalue weighted by molar-refractivity contribution is 0.0289. The van der Waals surface area contributed by atoms with E-state index in [1.165, 1.54) is 0 Å². The Morgan fingerprint density at radius 1 is 1.50 bits per heavy atom. The van der Waals surface area contributed by atoms with E-state index in [1.807, 2.05) is 0 Å². The third-order valence-corrected chi connectivity index (χ3v) is 3.69. The summed E-state index contributed by atoms with van der Waals surface area (Å²) in [6, 6.07) is 0.391. The van der Waals surface area contributed by atoms with Crippen LogP contribution in [-0.4, -0.2) is 40.1 Å². The summed E-state index contributed by atoms with van der Waals surface area (Å²) < 4.78 is 8.53. The van der Waals surface area contributed by atoms with Crippen LogP contribution >= 0.6 is 12.2 Å². The molecule has 2 rings (SSSR count). The van der Waals surface area contributed by atoms with Crippen LogP contribution in [0.5, 0.6) is 0 Å². The van der Waals surface area contributed by atoms with E-state index in [0.717, 1.165) is 38.5 Å². The number of H-pyrrole nitrogens is 1. The fourth-order valence-electron chi connectivity index (χ4n) is 2.38. The molecule has 1 aromatic heterocycles. The standard InChI is InChI=1S/C12H22N4OS/c1-4-6-15-11(13-14-12(15)18)16-7-9(3)17-8-10(16)5-2/h9-10H,4-8H2,1-3H3,(H,14,18). The predicted octanol–water partition coefficient (Wildman–Crippen LogP) is 2.35. The first-order chi connectivity index (χ1) is 8.67. The largest absolute Gasteiger partial charge is 0.375 e. The van der Waals surface area contributed by atoms with Gasteiger partial charge in [-0.25, -0.2) is 5.10 Å². The minimum atomic E-state index is 0.244. The first-order valence-corrected chi connectivity index (χ1v) is 7.11. The Morgan fingerprint density at radius 3 is 2.94 bits per heavy atom. The van der Waals surface area contributed by atoms with Crippen molar-refractivity contribution >= 4 is 18.2 Å². The van der Waals surface area contributed by atoms with Gasteiger partial charge in [-0.3, -0.25) is 4.57 Å². The highest BCUT2D eigenvalue weighted by molar-refractivity contribution is 7.71. The molecule has 1 fully saturated rings. The van der Waals surface area contributed by atoms with Crippen molar-refractivity contribution in [2.75, 3.05) is 18.1 Å². The Labute approximate surface area is 113 Å². The lowest BCUT2D eigenvalue weighted by Gasteiger charge is -2.38. The van der Waals surface area contributed by atoms with Gasteiger partial charge >= 0.3 is 0 Å². The van der Waals surface area contributed by atoms with Crippen molar-refractivity contribution in [3.63, 3.8) is 0 Å². The molecule has 2 unspecified atom stereocenters. The molecule has 1 N–H and O–H groups in total. The Hall–Kier alpha value is -0.880. The summed E-state index contributed by atoms with van der Waals surface area (Å²) in [5.41, 5.74) is 0. The highest BCUT2D eigenvalue weighted by Crippen LogP contribution is 2.22. The fraction of sp³-hybridized carbons (Fsp3) is 0.833. The smallest absolute Gasteiger partial charge is 0.226 e. The zero-order chi connectivity index (χ0) is 13.1. The van der Waals surface area contributed by atoms with E-state index >= 15 is 0 Å². The van der Waals surface area contributed by atoms with E-state index in [-0.39, 0.29) is 6.10 Å². The number of hydrogen-bond acceptors (Lipinski definition) is 4. The van der Waals surface area contributed by atoms with Crippen LogP contribution in [0.1, 0.15) is 33.6 Å². The zero-order valence-electron chi connectivity index (χ0n) is 11.3. The summed E-state index contributed by atoms with van der Waals surface area (Å²) >= 11 is 5.30. The highest BCUT2D eigenvalue weighted by Gasteiger charge is 2.28. The van der Waals surface area contributed by atoms with Gasteiger partial charge in [0.1, 0.15) is 0 Å². The molecular weight excluding hydrogens is 248 g/mol. The Kier molecular flexibility index (Phi) is 4.40. The quantitative estimate of drug-likeness (QED) is 0.853. The van der Waals surface area contributed by atoms with Gasteiger partial charge in [0.2, 0.25) is 5.95 Å². The maximum absolute atomic E-state index is 5.72. The van der Waals surface area contributed by atoms with Crippen molar-refractivity contribution in [1.29, 1.82) is 0 Å². The number of aromatic nitrogens is 3. The van der Waals surface area contributed by atoms with E-state index in [2.05, 4.69) is 40.4 Å². The van der Waals surface area contributed by atoms with Crippen molar-refractivity contribution in [3.8, 4) is 0 Å². The molecule has 0 radical (unpaired) electrons. The average molecular weight is 270 g/mol. The van der Waals surface area contributed by atoms with Crippen LogP contribution in [0.4, 0.5) is 5.95 Å². The minimum absolute atomic E-state index is 0.244. The summed E-state index contributed by atoms with van der Waals surface area (Å²) in [5.74, 6) is 0.962. The van der Waals surface area contributed by atoms with Gasteiger partial charge in [-0.1, -0.05) is 13.8 Å². The van der Waals surface area contributed by atoms with Crippen LogP contribution in [0, 0.1) is 4.77 Å². The van der Waals surface area contributed by atoms with Crippen molar-refractivity contribution < 1.29 is 4.74 Å². The number of ether oxygens (including phenoxy) is 1. The third kappa shape index (κ3) is 2.59. The van der Waals surface area contributed by atoms with Gasteiger partial charge in [0.05, 0.1) is 18.8 Å². The highest BCUT2D eigenvalue weighted by atomic mass is 32.1. The second-order valence-electron chi connectivity index (χ2n) is 4.84. The van der Waals surface area contributed by atoms with E-state index in [0.29, 0.717) is 10.8 Å². The molecule has 18 heavy (non-hydrogen) atoms. The van der Waals surface area contributed by atoms with Gasteiger partial charge in [-0.15, -0.1) is 5.10 Å². The summed E-state index contributed by atoms with van der Waals surface area (Å²) in [6.07, 6.45) is 2.35. The second kappa shape index (κ2) is 5.84. The number of morpholine rings is 1. The van der Waals surface area contributed by atoms with Crippen LogP contribution in [0.25, 0.3) is 0 Å². The lowest BCUT2D eigenvalue weighted by Crippen LogP contribution is -2.49. The zero-order valence-corrected chi connectivity index (χ0v) is 12.2. The molecular formula is C12H22N4OS. The molecule has 0 amide bonds. The van der Waals surface area contributed by atoms with Crippen LogP contribution in [-0.2, 0) is 11.3 Å². The minimum Gasteiger partial charge on any atom is -0.375 e. The molecule has 2 heterocycles. The molecule has 1 aromatic rings. The molecule has 5 nitrogen and oxygen atoms in total. The van der Waals surface area contributed by atoms with Crippen molar-refractivity contribution in [3.05, 3.63) is 4.77 Å². The summed E-state index contributed by atoms with van der Waals surface area (Å²) in [6.45, 7) is 8.99. The van der Waals surface area contributed by atoms with E-state index in [4.69, 9.17) is 17.0 Å².